The van der Waals surface area contributed by atoms with Crippen LogP contribution in [0, 0.1) is 0 Å². The number of aromatic nitrogens is 2. The highest BCUT2D eigenvalue weighted by Crippen LogP contribution is 2.30. The number of furan rings is 1. The van der Waals surface area contributed by atoms with E-state index >= 15 is 0 Å². The molecule has 2 aromatic heterocycles. The van der Waals surface area contributed by atoms with E-state index in [1.54, 1.807) is 36.7 Å². The zero-order valence-electron chi connectivity index (χ0n) is 10.3. The molecule has 6 heteroatoms. The van der Waals surface area contributed by atoms with E-state index in [2.05, 4.69) is 9.97 Å². The zero-order valence-corrected chi connectivity index (χ0v) is 11.1. The van der Waals surface area contributed by atoms with Crippen molar-refractivity contribution in [3.8, 4) is 0 Å². The quantitative estimate of drug-likeness (QED) is 0.586. The zero-order chi connectivity index (χ0) is 13.9. The largest absolute Gasteiger partial charge is 0.478 e. The van der Waals surface area contributed by atoms with Crippen LogP contribution >= 0.6 is 11.8 Å². The Bertz CT molecular complexity index is 755. The van der Waals surface area contributed by atoms with E-state index in [-0.39, 0.29) is 5.56 Å². The average Bonchev–Trinajstić information content (AvgIpc) is 2.84. The second-order valence-corrected chi connectivity index (χ2v) is 4.96. The van der Waals surface area contributed by atoms with Gasteiger partial charge in [0.05, 0.1) is 5.75 Å². The predicted octanol–water partition coefficient (Wildman–Crippen LogP) is 3.21. The fraction of sp³-hybridized carbons (Fsp3) is 0.0714. The second-order valence-electron chi connectivity index (χ2n) is 4.02. The van der Waals surface area contributed by atoms with Gasteiger partial charge >= 0.3 is 5.97 Å². The summed E-state index contributed by atoms with van der Waals surface area (Å²) < 4.78 is 5.62. The summed E-state index contributed by atoms with van der Waals surface area (Å²) in [6.07, 6.45) is 3.29. The SMILES string of the molecule is O=C(O)c1c(CSc2ncccn2)oc2ccccc12. The number of para-hydroxylation sites is 1. The van der Waals surface area contributed by atoms with Crippen molar-refractivity contribution in [3.63, 3.8) is 0 Å². The lowest BCUT2D eigenvalue weighted by molar-refractivity contribution is 0.0697. The third-order valence-corrected chi connectivity index (χ3v) is 3.63. The Morgan fingerprint density at radius 3 is 2.70 bits per heavy atom. The van der Waals surface area contributed by atoms with Gasteiger partial charge in [-0.25, -0.2) is 14.8 Å². The number of benzene rings is 1. The third-order valence-electron chi connectivity index (χ3n) is 2.76. The number of carboxylic acids is 1. The molecule has 0 aliphatic carbocycles. The Hall–Kier alpha value is -2.34. The Labute approximate surface area is 118 Å². The van der Waals surface area contributed by atoms with Crippen LogP contribution in [-0.2, 0) is 5.75 Å². The maximum Gasteiger partial charge on any atom is 0.339 e. The fourth-order valence-electron chi connectivity index (χ4n) is 1.92. The molecule has 0 bridgehead atoms. The molecule has 1 aromatic carbocycles. The lowest BCUT2D eigenvalue weighted by atomic mass is 10.1. The van der Waals surface area contributed by atoms with Crippen molar-refractivity contribution in [2.75, 3.05) is 0 Å². The highest BCUT2D eigenvalue weighted by Gasteiger charge is 2.20. The van der Waals surface area contributed by atoms with Crippen LogP contribution < -0.4 is 0 Å². The van der Waals surface area contributed by atoms with Crippen molar-refractivity contribution in [2.45, 2.75) is 10.9 Å². The summed E-state index contributed by atoms with van der Waals surface area (Å²) in [5.41, 5.74) is 0.790. The van der Waals surface area contributed by atoms with Crippen molar-refractivity contribution in [1.29, 1.82) is 0 Å². The molecule has 0 aliphatic heterocycles. The molecular weight excluding hydrogens is 276 g/mol. The van der Waals surface area contributed by atoms with Crippen LogP contribution in [0.5, 0.6) is 0 Å². The predicted molar refractivity (Wildman–Crippen MR) is 74.8 cm³/mol. The van der Waals surface area contributed by atoms with Crippen molar-refractivity contribution in [2.24, 2.45) is 0 Å². The number of nitrogens with zero attached hydrogens (tertiary/aromatic N) is 2. The van der Waals surface area contributed by atoms with Crippen LogP contribution in [0.25, 0.3) is 11.0 Å². The Morgan fingerprint density at radius 2 is 1.95 bits per heavy atom. The van der Waals surface area contributed by atoms with Gasteiger partial charge in [-0.3, -0.25) is 0 Å². The topological polar surface area (TPSA) is 76.2 Å². The number of thioether (sulfide) groups is 1. The van der Waals surface area contributed by atoms with Gasteiger partial charge in [0.25, 0.3) is 0 Å². The molecule has 20 heavy (non-hydrogen) atoms. The molecule has 0 aliphatic rings. The number of carbonyl (C=O) groups is 1. The van der Waals surface area contributed by atoms with Gasteiger partial charge in [0, 0.05) is 17.8 Å². The molecule has 0 atom stereocenters. The number of aromatic carboxylic acids is 1. The molecule has 3 rings (SSSR count). The molecule has 2 heterocycles. The Balaban J connectivity index is 1.95. The molecule has 0 spiro atoms. The minimum absolute atomic E-state index is 0.212. The molecule has 1 N–H and O–H groups in total. The average molecular weight is 286 g/mol. The lowest BCUT2D eigenvalue weighted by Gasteiger charge is -1.98. The van der Waals surface area contributed by atoms with Gasteiger partial charge in [0.1, 0.15) is 16.9 Å². The van der Waals surface area contributed by atoms with E-state index < -0.39 is 5.97 Å². The number of carboxylic acid groups (broad SMARTS) is 1. The molecule has 100 valence electrons. The molecule has 3 aromatic rings. The first-order chi connectivity index (χ1) is 9.75. The number of fused-ring (bicyclic) bond motifs is 1. The maximum atomic E-state index is 11.4. The number of hydrogen-bond donors (Lipinski definition) is 1. The molecule has 5 nitrogen and oxygen atoms in total. The molecule has 0 unspecified atom stereocenters. The van der Waals surface area contributed by atoms with Crippen molar-refractivity contribution in [1.82, 2.24) is 9.97 Å². The summed E-state index contributed by atoms with van der Waals surface area (Å²) in [4.78, 5) is 19.6. The van der Waals surface area contributed by atoms with E-state index in [1.807, 2.05) is 6.07 Å². The summed E-state index contributed by atoms with van der Waals surface area (Å²) in [5, 5.41) is 10.6. The summed E-state index contributed by atoms with van der Waals surface area (Å²) in [7, 11) is 0. The smallest absolute Gasteiger partial charge is 0.339 e. The van der Waals surface area contributed by atoms with Gasteiger partial charge in [-0.1, -0.05) is 30.0 Å². The Morgan fingerprint density at radius 1 is 1.20 bits per heavy atom. The highest BCUT2D eigenvalue weighted by molar-refractivity contribution is 7.98. The van der Waals surface area contributed by atoms with E-state index in [0.717, 1.165) is 0 Å². The molecule has 0 amide bonds. The molecule has 0 saturated heterocycles. The van der Waals surface area contributed by atoms with Gasteiger partial charge < -0.3 is 9.52 Å². The van der Waals surface area contributed by atoms with Crippen LogP contribution in [-0.4, -0.2) is 21.0 Å². The van der Waals surface area contributed by atoms with Gasteiger partial charge in [-0.05, 0) is 12.1 Å². The van der Waals surface area contributed by atoms with E-state index in [0.29, 0.717) is 27.6 Å². The standard InChI is InChI=1S/C14H10N2O3S/c17-13(18)12-9-4-1-2-5-10(9)19-11(12)8-20-14-15-6-3-7-16-14/h1-7H,8H2,(H,17,18). The fourth-order valence-corrected chi connectivity index (χ4v) is 2.66. The second kappa shape index (κ2) is 5.34. The van der Waals surface area contributed by atoms with E-state index in [9.17, 15) is 9.90 Å². The first-order valence-corrected chi connectivity index (χ1v) is 6.88. The molecule has 0 saturated carbocycles. The third kappa shape index (κ3) is 2.37. The normalized spacial score (nSPS) is 10.8. The highest BCUT2D eigenvalue weighted by atomic mass is 32.2. The maximum absolute atomic E-state index is 11.4. The molecule has 0 radical (unpaired) electrons. The van der Waals surface area contributed by atoms with Crippen LogP contribution in [0.2, 0.25) is 0 Å². The Kier molecular flexibility index (Phi) is 3.39. The van der Waals surface area contributed by atoms with Crippen molar-refractivity contribution in [3.05, 3.63) is 54.0 Å². The number of rotatable bonds is 4. The minimum atomic E-state index is -0.987. The van der Waals surface area contributed by atoms with Crippen molar-refractivity contribution >= 4 is 28.7 Å². The first-order valence-electron chi connectivity index (χ1n) is 5.89. The summed E-state index contributed by atoms with van der Waals surface area (Å²) in [5.74, 6) is -0.184. The van der Waals surface area contributed by atoms with Crippen LogP contribution in [0.3, 0.4) is 0 Å². The van der Waals surface area contributed by atoms with E-state index in [4.69, 9.17) is 4.42 Å². The van der Waals surface area contributed by atoms with Crippen LogP contribution in [0.1, 0.15) is 16.1 Å². The molecule has 0 fully saturated rings. The van der Waals surface area contributed by atoms with E-state index in [1.165, 1.54) is 11.8 Å². The lowest BCUT2D eigenvalue weighted by Crippen LogP contribution is -1.99. The van der Waals surface area contributed by atoms with Gasteiger partial charge in [-0.2, -0.15) is 0 Å². The monoisotopic (exact) mass is 286 g/mol. The van der Waals surface area contributed by atoms with Crippen LogP contribution in [0.4, 0.5) is 0 Å². The van der Waals surface area contributed by atoms with Gasteiger partial charge in [0.15, 0.2) is 5.16 Å². The van der Waals surface area contributed by atoms with Gasteiger partial charge in [0.2, 0.25) is 0 Å². The molecular formula is C14H10N2O3S. The van der Waals surface area contributed by atoms with Crippen LogP contribution in [0.15, 0.2) is 52.3 Å². The number of hydrogen-bond acceptors (Lipinski definition) is 5. The summed E-state index contributed by atoms with van der Waals surface area (Å²) >= 11 is 1.34. The summed E-state index contributed by atoms with van der Waals surface area (Å²) in [6, 6.07) is 8.84. The van der Waals surface area contributed by atoms with Crippen molar-refractivity contribution < 1.29 is 14.3 Å². The van der Waals surface area contributed by atoms with Gasteiger partial charge in [-0.15, -0.1) is 0 Å². The summed E-state index contributed by atoms with van der Waals surface area (Å²) in [6.45, 7) is 0. The first kappa shape index (κ1) is 12.7. The minimum Gasteiger partial charge on any atom is -0.478 e.